The average molecular weight is 404 g/mol. The van der Waals surface area contributed by atoms with E-state index in [1.165, 1.54) is 6.92 Å². The van der Waals surface area contributed by atoms with Gasteiger partial charge in [0, 0.05) is 21.2 Å². The Bertz CT molecular complexity index is 702. The van der Waals surface area contributed by atoms with Gasteiger partial charge in [0.1, 0.15) is 5.78 Å². The van der Waals surface area contributed by atoms with Crippen molar-refractivity contribution < 1.29 is 14.4 Å². The van der Waals surface area contributed by atoms with E-state index in [0.29, 0.717) is 21.2 Å². The van der Waals surface area contributed by atoms with Crippen molar-refractivity contribution in [1.82, 2.24) is 0 Å². The molecule has 0 amide bonds. The van der Waals surface area contributed by atoms with Crippen LogP contribution in [-0.4, -0.2) is 16.8 Å². The molecule has 0 radical (unpaired) electrons. The lowest BCUT2D eigenvalue weighted by atomic mass is 10.1. The number of hydrogen-bond acceptors (Lipinski definition) is 5. The Kier molecular flexibility index (Phi) is 11.7. The van der Waals surface area contributed by atoms with Crippen LogP contribution in [0.3, 0.4) is 0 Å². The number of ketones is 2. The Morgan fingerprint density at radius 3 is 1.48 bits per heavy atom. The van der Waals surface area contributed by atoms with Crippen molar-refractivity contribution in [1.29, 1.82) is 0 Å². The molecular formula is C17H17Cl3N2O3. The van der Waals surface area contributed by atoms with Crippen molar-refractivity contribution in [3.63, 3.8) is 0 Å². The van der Waals surface area contributed by atoms with Crippen molar-refractivity contribution in [2.24, 2.45) is 11.7 Å². The molecule has 134 valence electrons. The van der Waals surface area contributed by atoms with Crippen molar-refractivity contribution >= 4 is 51.6 Å². The molecule has 2 aromatic rings. The zero-order valence-electron chi connectivity index (χ0n) is 13.3. The lowest BCUT2D eigenvalue weighted by Crippen LogP contribution is -2.04. The van der Waals surface area contributed by atoms with Gasteiger partial charge >= 0.3 is 0 Å². The fraction of sp³-hybridized carbons (Fsp3) is 0.118. The number of benzene rings is 2. The Labute approximate surface area is 160 Å². The minimum atomic E-state index is -0.461. The van der Waals surface area contributed by atoms with E-state index in [1.807, 2.05) is 0 Å². The van der Waals surface area contributed by atoms with Gasteiger partial charge in [-0.15, -0.1) is 0 Å². The lowest BCUT2D eigenvalue weighted by molar-refractivity contribution is -0.116. The molecule has 8 heteroatoms. The van der Waals surface area contributed by atoms with E-state index in [-0.39, 0.29) is 18.0 Å². The fourth-order valence-electron chi connectivity index (χ4n) is 1.54. The number of hydrogen-bond donors (Lipinski definition) is 2. The van der Waals surface area contributed by atoms with Crippen LogP contribution >= 0.6 is 34.8 Å². The SMILES string of the molecule is CC(=O)CC(=O)c1ccc(Cl)cc1.NN.O=C(Cl)c1ccc(Cl)cc1. The molecule has 0 saturated carbocycles. The van der Waals surface area contributed by atoms with Crippen LogP contribution in [0.15, 0.2) is 48.5 Å². The third-order valence-electron chi connectivity index (χ3n) is 2.65. The predicted molar refractivity (Wildman–Crippen MR) is 101 cm³/mol. The minimum Gasteiger partial charge on any atom is -0.300 e. The van der Waals surface area contributed by atoms with Crippen LogP contribution in [0, 0.1) is 0 Å². The van der Waals surface area contributed by atoms with Crippen molar-refractivity contribution in [3.05, 3.63) is 69.7 Å². The van der Waals surface area contributed by atoms with Gasteiger partial charge in [-0.05, 0) is 67.1 Å². The number of Topliss-reactive ketones (excluding diaryl/α,β-unsaturated/α-hetero) is 2. The number of halogens is 3. The third kappa shape index (κ3) is 9.96. The smallest absolute Gasteiger partial charge is 0.252 e. The zero-order valence-corrected chi connectivity index (χ0v) is 15.6. The molecule has 0 aliphatic heterocycles. The quantitative estimate of drug-likeness (QED) is 0.264. The molecule has 0 fully saturated rings. The van der Waals surface area contributed by atoms with Gasteiger partial charge in [-0.25, -0.2) is 0 Å². The molecule has 0 spiro atoms. The second kappa shape index (κ2) is 12.6. The molecule has 2 rings (SSSR count). The molecule has 0 heterocycles. The second-order valence-corrected chi connectivity index (χ2v) is 5.81. The summed E-state index contributed by atoms with van der Waals surface area (Å²) in [6.45, 7) is 1.40. The highest BCUT2D eigenvalue weighted by Gasteiger charge is 2.07. The van der Waals surface area contributed by atoms with Crippen LogP contribution in [0.4, 0.5) is 0 Å². The normalized spacial score (nSPS) is 9.04. The molecule has 4 N–H and O–H groups in total. The highest BCUT2D eigenvalue weighted by atomic mass is 35.5. The van der Waals surface area contributed by atoms with Crippen molar-refractivity contribution in [2.45, 2.75) is 13.3 Å². The molecule has 0 aliphatic rings. The largest absolute Gasteiger partial charge is 0.300 e. The topological polar surface area (TPSA) is 103 Å². The molecule has 0 atom stereocenters. The van der Waals surface area contributed by atoms with E-state index >= 15 is 0 Å². The molecule has 0 unspecified atom stereocenters. The first-order valence-corrected chi connectivity index (χ1v) is 8.00. The summed E-state index contributed by atoms with van der Waals surface area (Å²) in [5.41, 5.74) is 0.991. The summed E-state index contributed by atoms with van der Waals surface area (Å²) in [4.78, 5) is 32.4. The Morgan fingerprint density at radius 2 is 1.16 bits per heavy atom. The zero-order chi connectivity index (χ0) is 19.4. The van der Waals surface area contributed by atoms with E-state index in [2.05, 4.69) is 11.7 Å². The van der Waals surface area contributed by atoms with Crippen LogP contribution in [-0.2, 0) is 4.79 Å². The minimum absolute atomic E-state index is 0.0400. The van der Waals surface area contributed by atoms with Gasteiger partial charge in [0.05, 0.1) is 6.42 Å². The summed E-state index contributed by atoms with van der Waals surface area (Å²) in [7, 11) is 0. The molecule has 0 aliphatic carbocycles. The van der Waals surface area contributed by atoms with Crippen molar-refractivity contribution in [2.75, 3.05) is 0 Å². The summed E-state index contributed by atoms with van der Waals surface area (Å²) in [6, 6.07) is 12.9. The number of carbonyl (C=O) groups excluding carboxylic acids is 3. The summed E-state index contributed by atoms with van der Waals surface area (Å²) in [5.74, 6) is 7.71. The maximum atomic E-state index is 11.3. The first-order valence-electron chi connectivity index (χ1n) is 6.86. The van der Waals surface area contributed by atoms with Crippen LogP contribution in [0.25, 0.3) is 0 Å². The Balaban J connectivity index is 0.000000430. The Morgan fingerprint density at radius 1 is 0.800 bits per heavy atom. The summed E-state index contributed by atoms with van der Waals surface area (Å²) >= 11 is 16.4. The predicted octanol–water partition coefficient (Wildman–Crippen LogP) is 4.04. The van der Waals surface area contributed by atoms with Gasteiger partial charge in [0.2, 0.25) is 0 Å². The van der Waals surface area contributed by atoms with Gasteiger partial charge in [0.25, 0.3) is 5.24 Å². The maximum Gasteiger partial charge on any atom is 0.252 e. The summed E-state index contributed by atoms with van der Waals surface area (Å²) < 4.78 is 0. The highest BCUT2D eigenvalue weighted by molar-refractivity contribution is 6.67. The monoisotopic (exact) mass is 402 g/mol. The van der Waals surface area contributed by atoms with Crippen LogP contribution in [0.5, 0.6) is 0 Å². The van der Waals surface area contributed by atoms with Crippen LogP contribution in [0.2, 0.25) is 10.0 Å². The number of rotatable bonds is 4. The lowest BCUT2D eigenvalue weighted by Gasteiger charge is -1.97. The van der Waals surface area contributed by atoms with Crippen LogP contribution < -0.4 is 11.7 Å². The third-order valence-corrected chi connectivity index (χ3v) is 3.37. The summed E-state index contributed by atoms with van der Waals surface area (Å²) in [5, 5.41) is 0.720. The highest BCUT2D eigenvalue weighted by Crippen LogP contribution is 2.11. The molecular weight excluding hydrogens is 387 g/mol. The van der Waals surface area contributed by atoms with Gasteiger partial charge in [-0.1, -0.05) is 23.2 Å². The second-order valence-electron chi connectivity index (χ2n) is 4.59. The molecule has 2 aromatic carbocycles. The van der Waals surface area contributed by atoms with E-state index in [0.717, 1.165) is 0 Å². The number of nitrogens with two attached hydrogens (primary N) is 2. The standard InChI is InChI=1S/C10H9ClO2.C7H4Cl2O.H4N2/c1-7(12)6-10(13)8-2-4-9(11)5-3-8;8-6-3-1-5(2-4-6)7(9)10;1-2/h2-5H,6H2,1H3;1-4H;1-2H2. The van der Waals surface area contributed by atoms with Gasteiger partial charge in [0.15, 0.2) is 5.78 Å². The van der Waals surface area contributed by atoms with Gasteiger partial charge in [-0.2, -0.15) is 0 Å². The molecule has 0 aromatic heterocycles. The summed E-state index contributed by atoms with van der Waals surface area (Å²) in [6.07, 6.45) is -0.0400. The van der Waals surface area contributed by atoms with Gasteiger partial charge < -0.3 is 0 Å². The van der Waals surface area contributed by atoms with E-state index in [4.69, 9.17) is 34.8 Å². The number of carbonyl (C=O) groups is 3. The average Bonchev–Trinajstić information content (AvgIpc) is 2.57. The fourth-order valence-corrected chi connectivity index (χ4v) is 1.92. The van der Waals surface area contributed by atoms with Crippen LogP contribution in [0.1, 0.15) is 34.1 Å². The first kappa shape index (κ1) is 23.2. The Hall–Kier alpha value is -1.76. The molecule has 5 nitrogen and oxygen atoms in total. The molecule has 0 bridgehead atoms. The van der Waals surface area contributed by atoms with E-state index in [1.54, 1.807) is 48.5 Å². The number of hydrazine groups is 1. The molecule has 0 saturated heterocycles. The first-order chi connectivity index (χ1) is 11.8. The maximum absolute atomic E-state index is 11.3. The van der Waals surface area contributed by atoms with E-state index in [9.17, 15) is 14.4 Å². The van der Waals surface area contributed by atoms with E-state index < -0.39 is 5.24 Å². The van der Waals surface area contributed by atoms with Gasteiger partial charge in [-0.3, -0.25) is 26.1 Å². The molecule has 25 heavy (non-hydrogen) atoms. The van der Waals surface area contributed by atoms with Crippen molar-refractivity contribution in [3.8, 4) is 0 Å².